The Morgan fingerprint density at radius 1 is 1.00 bits per heavy atom. The van der Waals surface area contributed by atoms with Gasteiger partial charge in [-0.25, -0.2) is 12.8 Å². The van der Waals surface area contributed by atoms with Crippen LogP contribution >= 0.6 is 50.7 Å². The fraction of sp³-hybridized carbons (Fsp3) is 0. The average molecular weight is 434 g/mol. The zero-order valence-electron chi connectivity index (χ0n) is 10.0. The van der Waals surface area contributed by atoms with Crippen LogP contribution in [0.1, 0.15) is 0 Å². The van der Waals surface area contributed by atoms with Crippen LogP contribution in [0, 0.1) is 5.82 Å². The molecule has 0 saturated carbocycles. The summed E-state index contributed by atoms with van der Waals surface area (Å²) >= 11 is 20.5. The van der Waals surface area contributed by atoms with Crippen LogP contribution in [0.4, 0.5) is 10.1 Å². The highest BCUT2D eigenvalue weighted by Gasteiger charge is 2.21. The molecular formula is C12H6BrCl3FNO2S. The van der Waals surface area contributed by atoms with Crippen molar-refractivity contribution in [1.82, 2.24) is 0 Å². The van der Waals surface area contributed by atoms with Gasteiger partial charge in [0.15, 0.2) is 0 Å². The van der Waals surface area contributed by atoms with Crippen molar-refractivity contribution in [3.05, 3.63) is 55.7 Å². The lowest BCUT2D eigenvalue weighted by Gasteiger charge is -2.11. The zero-order chi connectivity index (χ0) is 15.8. The van der Waals surface area contributed by atoms with Crippen molar-refractivity contribution in [1.29, 1.82) is 0 Å². The van der Waals surface area contributed by atoms with E-state index in [9.17, 15) is 12.8 Å². The number of hydrogen-bond donors (Lipinski definition) is 1. The number of sulfonamides is 1. The Kier molecular flexibility index (Phi) is 5.05. The molecule has 0 atom stereocenters. The van der Waals surface area contributed by atoms with Crippen molar-refractivity contribution < 1.29 is 12.8 Å². The van der Waals surface area contributed by atoms with E-state index in [4.69, 9.17) is 34.8 Å². The first-order valence-electron chi connectivity index (χ1n) is 5.33. The summed E-state index contributed by atoms with van der Waals surface area (Å²) in [6, 6.07) is 6.22. The lowest BCUT2D eigenvalue weighted by Crippen LogP contribution is -2.14. The molecule has 0 radical (unpaired) electrons. The number of benzene rings is 2. The van der Waals surface area contributed by atoms with E-state index in [0.29, 0.717) is 4.47 Å². The Hall–Kier alpha value is -0.530. The van der Waals surface area contributed by atoms with Gasteiger partial charge in [0.2, 0.25) is 0 Å². The van der Waals surface area contributed by atoms with Crippen LogP contribution in [-0.2, 0) is 10.0 Å². The van der Waals surface area contributed by atoms with E-state index < -0.39 is 15.8 Å². The molecule has 0 fully saturated rings. The Balaban J connectivity index is 2.46. The molecule has 0 unspecified atom stereocenters. The number of anilines is 1. The minimum absolute atomic E-state index is 0.0257. The lowest BCUT2D eigenvalue weighted by molar-refractivity contribution is 0.598. The van der Waals surface area contributed by atoms with Gasteiger partial charge in [-0.2, -0.15) is 0 Å². The predicted octanol–water partition coefficient (Wildman–Crippen LogP) is 5.35. The maximum absolute atomic E-state index is 13.7. The third-order valence-electron chi connectivity index (χ3n) is 2.44. The fourth-order valence-electron chi connectivity index (χ4n) is 1.48. The molecule has 0 bridgehead atoms. The van der Waals surface area contributed by atoms with Crippen LogP contribution in [0.5, 0.6) is 0 Å². The van der Waals surface area contributed by atoms with Gasteiger partial charge in [-0.05, 0) is 30.3 Å². The maximum Gasteiger partial charge on any atom is 0.263 e. The molecule has 0 aliphatic heterocycles. The largest absolute Gasteiger partial charge is 0.277 e. The Bertz CT molecular complexity index is 814. The topological polar surface area (TPSA) is 46.2 Å². The second-order valence-corrected chi connectivity index (χ2v) is 7.71. The second kappa shape index (κ2) is 6.30. The highest BCUT2D eigenvalue weighted by molar-refractivity contribution is 9.10. The Morgan fingerprint density at radius 3 is 2.24 bits per heavy atom. The normalized spacial score (nSPS) is 11.5. The first kappa shape index (κ1) is 16.8. The van der Waals surface area contributed by atoms with E-state index in [1.165, 1.54) is 18.2 Å². The van der Waals surface area contributed by atoms with Crippen LogP contribution in [-0.4, -0.2) is 8.42 Å². The van der Waals surface area contributed by atoms with Crippen molar-refractivity contribution in [2.75, 3.05) is 4.72 Å². The van der Waals surface area contributed by atoms with E-state index in [2.05, 4.69) is 20.7 Å². The molecule has 2 rings (SSSR count). The fourth-order valence-corrected chi connectivity index (χ4v) is 3.89. The van der Waals surface area contributed by atoms with Gasteiger partial charge in [-0.1, -0.05) is 50.7 Å². The minimum Gasteiger partial charge on any atom is -0.277 e. The number of halogens is 5. The molecular weight excluding hydrogens is 427 g/mol. The molecule has 0 saturated heterocycles. The van der Waals surface area contributed by atoms with Crippen molar-refractivity contribution in [3.8, 4) is 0 Å². The maximum atomic E-state index is 13.7. The zero-order valence-corrected chi connectivity index (χ0v) is 14.7. The standard InChI is InChI=1S/C12H6BrCl3FNO2S/c13-6-1-2-11(10(17)3-6)18-21(19,20)12-5-8(15)7(14)4-9(12)16/h1-5,18H. The van der Waals surface area contributed by atoms with Crippen LogP contribution in [0.2, 0.25) is 15.1 Å². The van der Waals surface area contributed by atoms with Crippen molar-refractivity contribution >= 4 is 66.4 Å². The van der Waals surface area contributed by atoms with Crippen molar-refractivity contribution in [3.63, 3.8) is 0 Å². The SMILES string of the molecule is O=S(=O)(Nc1ccc(Br)cc1F)c1cc(Cl)c(Cl)cc1Cl. The smallest absolute Gasteiger partial charge is 0.263 e. The molecule has 0 aliphatic rings. The van der Waals surface area contributed by atoms with E-state index in [-0.39, 0.29) is 25.7 Å². The van der Waals surface area contributed by atoms with Gasteiger partial charge in [0.25, 0.3) is 10.0 Å². The summed E-state index contributed by atoms with van der Waals surface area (Å²) in [4.78, 5) is -0.291. The molecule has 0 spiro atoms. The Morgan fingerprint density at radius 2 is 1.62 bits per heavy atom. The monoisotopic (exact) mass is 431 g/mol. The minimum atomic E-state index is -4.10. The highest BCUT2D eigenvalue weighted by atomic mass is 79.9. The summed E-state index contributed by atoms with van der Waals surface area (Å²) in [7, 11) is -4.10. The summed E-state index contributed by atoms with van der Waals surface area (Å²) in [6.07, 6.45) is 0. The number of rotatable bonds is 3. The molecule has 1 N–H and O–H groups in total. The summed E-state index contributed by atoms with van der Waals surface area (Å²) in [5.74, 6) is -0.732. The first-order valence-corrected chi connectivity index (χ1v) is 8.74. The number of hydrogen-bond acceptors (Lipinski definition) is 2. The molecule has 0 amide bonds. The third kappa shape index (κ3) is 3.81. The van der Waals surface area contributed by atoms with Crippen LogP contribution in [0.25, 0.3) is 0 Å². The third-order valence-corrected chi connectivity index (χ3v) is 5.49. The van der Waals surface area contributed by atoms with Crippen LogP contribution < -0.4 is 4.72 Å². The van der Waals surface area contributed by atoms with Gasteiger partial charge in [0.05, 0.1) is 20.8 Å². The van der Waals surface area contributed by atoms with E-state index in [1.54, 1.807) is 0 Å². The van der Waals surface area contributed by atoms with Gasteiger partial charge in [0, 0.05) is 4.47 Å². The predicted molar refractivity (Wildman–Crippen MR) is 86.4 cm³/mol. The average Bonchev–Trinajstić information content (AvgIpc) is 2.37. The van der Waals surface area contributed by atoms with Gasteiger partial charge in [-0.15, -0.1) is 0 Å². The molecule has 0 heterocycles. The van der Waals surface area contributed by atoms with Crippen molar-refractivity contribution in [2.45, 2.75) is 4.90 Å². The molecule has 0 aromatic heterocycles. The summed E-state index contributed by atoms with van der Waals surface area (Å²) in [5.41, 5.74) is -0.208. The molecule has 112 valence electrons. The molecule has 9 heteroatoms. The Labute approximate surface area is 144 Å². The van der Waals surface area contributed by atoms with Gasteiger partial charge >= 0.3 is 0 Å². The van der Waals surface area contributed by atoms with E-state index in [0.717, 1.165) is 12.1 Å². The number of nitrogens with one attached hydrogen (secondary N) is 1. The quantitative estimate of drug-likeness (QED) is 0.664. The van der Waals surface area contributed by atoms with Crippen molar-refractivity contribution in [2.24, 2.45) is 0 Å². The first-order chi connectivity index (χ1) is 9.70. The summed E-state index contributed by atoms with van der Waals surface area (Å²) in [6.45, 7) is 0. The summed E-state index contributed by atoms with van der Waals surface area (Å²) < 4.78 is 40.8. The second-order valence-electron chi connectivity index (χ2n) is 3.93. The van der Waals surface area contributed by atoms with E-state index in [1.807, 2.05) is 0 Å². The van der Waals surface area contributed by atoms with E-state index >= 15 is 0 Å². The molecule has 3 nitrogen and oxygen atoms in total. The summed E-state index contributed by atoms with van der Waals surface area (Å²) in [5, 5.41) is 0.0302. The van der Waals surface area contributed by atoms with Gasteiger partial charge < -0.3 is 0 Å². The molecule has 21 heavy (non-hydrogen) atoms. The molecule has 2 aromatic rings. The van der Waals surface area contributed by atoms with Gasteiger partial charge in [-0.3, -0.25) is 4.72 Å². The molecule has 0 aliphatic carbocycles. The lowest BCUT2D eigenvalue weighted by atomic mass is 10.3. The van der Waals surface area contributed by atoms with Crippen LogP contribution in [0.3, 0.4) is 0 Å². The highest BCUT2D eigenvalue weighted by Crippen LogP contribution is 2.33. The molecule has 2 aromatic carbocycles. The van der Waals surface area contributed by atoms with Gasteiger partial charge in [0.1, 0.15) is 10.7 Å². The van der Waals surface area contributed by atoms with Crippen LogP contribution in [0.15, 0.2) is 39.7 Å².